The summed E-state index contributed by atoms with van der Waals surface area (Å²) >= 11 is 0.996. The molecule has 3 aromatic rings. The summed E-state index contributed by atoms with van der Waals surface area (Å²) in [7, 11) is 0. The van der Waals surface area contributed by atoms with E-state index in [1.54, 1.807) is 18.5 Å². The number of carbonyl (C=O) groups is 2. The zero-order valence-corrected chi connectivity index (χ0v) is 19.3. The summed E-state index contributed by atoms with van der Waals surface area (Å²) in [6.07, 6.45) is 3.22. The fourth-order valence-corrected chi connectivity index (χ4v) is 3.66. The Morgan fingerprint density at radius 3 is 2.47 bits per heavy atom. The second kappa shape index (κ2) is 11.2. The van der Waals surface area contributed by atoms with E-state index in [9.17, 15) is 9.59 Å². The number of fused-ring (bicyclic) bond motifs is 1. The predicted molar refractivity (Wildman–Crippen MR) is 122 cm³/mol. The van der Waals surface area contributed by atoms with E-state index in [1.165, 1.54) is 0 Å². The second-order valence-electron chi connectivity index (χ2n) is 7.91. The van der Waals surface area contributed by atoms with Crippen LogP contribution in [0.15, 0.2) is 53.9 Å². The van der Waals surface area contributed by atoms with Crippen LogP contribution in [0, 0.1) is 0 Å². The maximum Gasteiger partial charge on any atom is 0.332 e. The third kappa shape index (κ3) is 7.15. The molecule has 32 heavy (non-hydrogen) atoms. The fourth-order valence-electron chi connectivity index (χ4n) is 3.00. The van der Waals surface area contributed by atoms with Crippen molar-refractivity contribution in [3.8, 4) is 0 Å². The molecule has 1 aromatic carbocycles. The molecule has 0 atom stereocenters. The van der Waals surface area contributed by atoms with Crippen LogP contribution in [0.4, 0.5) is 0 Å². The van der Waals surface area contributed by atoms with Gasteiger partial charge in [-0.2, -0.15) is 0 Å². The van der Waals surface area contributed by atoms with Gasteiger partial charge in [-0.05, 0) is 50.7 Å². The number of rotatable bonds is 10. The van der Waals surface area contributed by atoms with Crippen molar-refractivity contribution in [1.82, 2.24) is 14.5 Å². The van der Waals surface area contributed by atoms with Crippen molar-refractivity contribution in [1.29, 1.82) is 0 Å². The number of thioether (sulfide) groups is 1. The van der Waals surface area contributed by atoms with Gasteiger partial charge in [-0.15, -0.1) is 0 Å². The SMILES string of the molecule is CC(C)(C)OC(=O)COCCOCCn1c(C(=O)Sc2ncccn2)cc2ccccc21. The van der Waals surface area contributed by atoms with Crippen molar-refractivity contribution in [2.45, 2.75) is 38.1 Å². The van der Waals surface area contributed by atoms with E-state index in [2.05, 4.69) is 9.97 Å². The molecule has 0 saturated carbocycles. The van der Waals surface area contributed by atoms with Crippen molar-refractivity contribution in [2.75, 3.05) is 26.4 Å². The summed E-state index contributed by atoms with van der Waals surface area (Å²) < 4.78 is 18.1. The fraction of sp³-hybridized carbons (Fsp3) is 0.391. The van der Waals surface area contributed by atoms with Crippen LogP contribution >= 0.6 is 11.8 Å². The number of hydrogen-bond acceptors (Lipinski definition) is 8. The van der Waals surface area contributed by atoms with Crippen LogP contribution in [0.5, 0.6) is 0 Å². The Bertz CT molecular complexity index is 1050. The summed E-state index contributed by atoms with van der Waals surface area (Å²) in [5.41, 5.74) is 0.986. The summed E-state index contributed by atoms with van der Waals surface area (Å²) in [6.45, 7) is 6.81. The Morgan fingerprint density at radius 1 is 1.00 bits per heavy atom. The van der Waals surface area contributed by atoms with E-state index in [0.29, 0.717) is 30.6 Å². The van der Waals surface area contributed by atoms with Crippen LogP contribution in [-0.2, 0) is 25.5 Å². The van der Waals surface area contributed by atoms with Gasteiger partial charge < -0.3 is 18.8 Å². The van der Waals surface area contributed by atoms with Crippen molar-refractivity contribution in [3.05, 3.63) is 54.5 Å². The van der Waals surface area contributed by atoms with E-state index < -0.39 is 11.6 Å². The van der Waals surface area contributed by atoms with Gasteiger partial charge in [0.1, 0.15) is 12.2 Å². The third-order valence-corrected chi connectivity index (χ3v) is 5.00. The first kappa shape index (κ1) is 23.9. The standard InChI is InChI=1S/C23H27N3O5S/c1-23(2,3)31-20(27)16-30-14-13-29-12-11-26-18-8-5-4-7-17(18)15-19(26)21(28)32-22-24-9-6-10-25-22/h4-10,15H,11-14,16H2,1-3H3. The highest BCUT2D eigenvalue weighted by molar-refractivity contribution is 8.14. The minimum absolute atomic E-state index is 0.111. The van der Waals surface area contributed by atoms with Gasteiger partial charge in [-0.25, -0.2) is 14.8 Å². The molecule has 9 heteroatoms. The summed E-state index contributed by atoms with van der Waals surface area (Å²) in [4.78, 5) is 32.8. The largest absolute Gasteiger partial charge is 0.458 e. The van der Waals surface area contributed by atoms with E-state index >= 15 is 0 Å². The minimum Gasteiger partial charge on any atom is -0.458 e. The van der Waals surface area contributed by atoms with Gasteiger partial charge >= 0.3 is 5.97 Å². The van der Waals surface area contributed by atoms with E-state index in [1.807, 2.05) is 55.7 Å². The quantitative estimate of drug-likeness (QED) is 0.197. The number of nitrogens with zero attached hydrogens (tertiary/aromatic N) is 3. The number of esters is 1. The lowest BCUT2D eigenvalue weighted by Crippen LogP contribution is -2.27. The molecule has 0 unspecified atom stereocenters. The third-order valence-electron chi connectivity index (χ3n) is 4.22. The summed E-state index contributed by atoms with van der Waals surface area (Å²) in [5, 5.41) is 1.26. The Morgan fingerprint density at radius 2 is 1.72 bits per heavy atom. The number of ether oxygens (including phenoxy) is 3. The number of para-hydroxylation sites is 1. The first-order valence-electron chi connectivity index (χ1n) is 10.3. The second-order valence-corrected chi connectivity index (χ2v) is 8.85. The molecule has 0 saturated heterocycles. The highest BCUT2D eigenvalue weighted by Crippen LogP contribution is 2.25. The van der Waals surface area contributed by atoms with Gasteiger partial charge in [0.15, 0.2) is 5.16 Å². The highest BCUT2D eigenvalue weighted by atomic mass is 32.2. The van der Waals surface area contributed by atoms with Gasteiger partial charge in [0, 0.05) is 29.8 Å². The molecule has 0 spiro atoms. The zero-order chi connectivity index (χ0) is 23.0. The van der Waals surface area contributed by atoms with Gasteiger partial charge in [-0.3, -0.25) is 4.79 Å². The van der Waals surface area contributed by atoms with Crippen LogP contribution in [0.2, 0.25) is 0 Å². The summed E-state index contributed by atoms with van der Waals surface area (Å²) in [5.74, 6) is -0.403. The molecule has 0 aliphatic heterocycles. The average Bonchev–Trinajstić information content (AvgIpc) is 3.11. The van der Waals surface area contributed by atoms with Crippen molar-refractivity contribution in [3.63, 3.8) is 0 Å². The van der Waals surface area contributed by atoms with Crippen LogP contribution in [0.25, 0.3) is 10.9 Å². The molecule has 0 aliphatic rings. The molecule has 2 aromatic heterocycles. The normalized spacial score (nSPS) is 11.6. The Kier molecular flexibility index (Phi) is 8.38. The molecule has 3 rings (SSSR count). The number of carbonyl (C=O) groups excluding carboxylic acids is 2. The molecule has 0 radical (unpaired) electrons. The lowest BCUT2D eigenvalue weighted by atomic mass is 10.2. The van der Waals surface area contributed by atoms with Gasteiger partial charge in [0.2, 0.25) is 5.12 Å². The molecule has 2 heterocycles. The monoisotopic (exact) mass is 457 g/mol. The molecule has 0 fully saturated rings. The summed E-state index contributed by atoms with van der Waals surface area (Å²) in [6, 6.07) is 11.4. The molecule has 0 bridgehead atoms. The van der Waals surface area contributed by atoms with Gasteiger partial charge in [-0.1, -0.05) is 18.2 Å². The van der Waals surface area contributed by atoms with Crippen molar-refractivity contribution >= 4 is 33.7 Å². The smallest absolute Gasteiger partial charge is 0.332 e. The molecular formula is C23H27N3O5S. The molecular weight excluding hydrogens is 430 g/mol. The maximum absolute atomic E-state index is 12.9. The number of hydrogen-bond donors (Lipinski definition) is 0. The van der Waals surface area contributed by atoms with E-state index in [4.69, 9.17) is 14.2 Å². The molecule has 8 nitrogen and oxygen atoms in total. The van der Waals surface area contributed by atoms with Crippen molar-refractivity contribution in [2.24, 2.45) is 0 Å². The lowest BCUT2D eigenvalue weighted by Gasteiger charge is -2.19. The first-order valence-corrected chi connectivity index (χ1v) is 11.1. The molecule has 0 N–H and O–H groups in total. The minimum atomic E-state index is -0.531. The zero-order valence-electron chi connectivity index (χ0n) is 18.4. The number of aromatic nitrogens is 3. The van der Waals surface area contributed by atoms with Crippen LogP contribution in [0.1, 0.15) is 31.3 Å². The topological polar surface area (TPSA) is 92.5 Å². The number of benzene rings is 1. The Hall–Kier alpha value is -2.75. The highest BCUT2D eigenvalue weighted by Gasteiger charge is 2.18. The van der Waals surface area contributed by atoms with E-state index in [-0.39, 0.29) is 18.3 Å². The van der Waals surface area contributed by atoms with Crippen LogP contribution in [0.3, 0.4) is 0 Å². The molecule has 170 valence electrons. The predicted octanol–water partition coefficient (Wildman–Crippen LogP) is 3.74. The Balaban J connectivity index is 1.52. The molecule has 0 amide bonds. The van der Waals surface area contributed by atoms with Gasteiger partial charge in [0.25, 0.3) is 0 Å². The van der Waals surface area contributed by atoms with Crippen LogP contribution < -0.4 is 0 Å². The van der Waals surface area contributed by atoms with Gasteiger partial charge in [0.05, 0.1) is 25.5 Å². The maximum atomic E-state index is 12.9. The first-order chi connectivity index (χ1) is 15.3. The Labute approximate surface area is 191 Å². The molecule has 0 aliphatic carbocycles. The van der Waals surface area contributed by atoms with Crippen LogP contribution in [-0.4, -0.2) is 57.6 Å². The van der Waals surface area contributed by atoms with E-state index in [0.717, 1.165) is 22.7 Å². The lowest BCUT2D eigenvalue weighted by molar-refractivity contribution is -0.160. The average molecular weight is 458 g/mol. The van der Waals surface area contributed by atoms with Crippen molar-refractivity contribution < 1.29 is 23.8 Å².